The Kier molecular flexibility index (Phi) is 4.03. The van der Waals surface area contributed by atoms with Crippen molar-refractivity contribution >= 4 is 5.69 Å². The number of nitrogens with zero attached hydrogens (tertiary/aromatic N) is 2. The maximum atomic E-state index is 5.61. The number of aromatic nitrogens is 2. The highest BCUT2D eigenvalue weighted by molar-refractivity contribution is 5.38. The molecule has 104 valence electrons. The van der Waals surface area contributed by atoms with Gasteiger partial charge in [0.05, 0.1) is 37.3 Å². The van der Waals surface area contributed by atoms with Crippen molar-refractivity contribution in [3.8, 4) is 0 Å². The summed E-state index contributed by atoms with van der Waals surface area (Å²) in [6.07, 6.45) is 12.9. The largest absolute Gasteiger partial charge is 0.497 e. The van der Waals surface area contributed by atoms with E-state index in [2.05, 4.69) is 16.5 Å². The molecule has 1 fully saturated rings. The van der Waals surface area contributed by atoms with Gasteiger partial charge in [0.2, 0.25) is 0 Å². The van der Waals surface area contributed by atoms with Gasteiger partial charge < -0.3 is 14.8 Å². The molecule has 0 amide bonds. The minimum atomic E-state index is 0.270. The highest BCUT2D eigenvalue weighted by atomic mass is 16.5. The maximum absolute atomic E-state index is 5.61. The molecule has 5 nitrogen and oxygen atoms in total. The normalized spacial score (nSPS) is 26.3. The number of hydrogen-bond donors (Lipinski definition) is 1. The molecule has 0 saturated carbocycles. The predicted octanol–water partition coefficient (Wildman–Crippen LogP) is 2.17. The van der Waals surface area contributed by atoms with Crippen molar-refractivity contribution < 1.29 is 9.47 Å². The van der Waals surface area contributed by atoms with Crippen LogP contribution in [0.2, 0.25) is 0 Å². The zero-order valence-corrected chi connectivity index (χ0v) is 11.1. The molecular weight excluding hydrogens is 242 g/mol. The van der Waals surface area contributed by atoms with Crippen molar-refractivity contribution in [1.82, 2.24) is 9.78 Å². The molecule has 0 aromatic carbocycles. The summed E-state index contributed by atoms with van der Waals surface area (Å²) < 4.78 is 13.1. The SMILES string of the molecule is C1=COC(CNc2cnn(CC3CCCO3)c2)CC1. The molecule has 3 rings (SSSR count). The summed E-state index contributed by atoms with van der Waals surface area (Å²) in [5.41, 5.74) is 1.05. The first kappa shape index (κ1) is 12.5. The van der Waals surface area contributed by atoms with Crippen molar-refractivity contribution in [3.05, 3.63) is 24.7 Å². The van der Waals surface area contributed by atoms with E-state index in [1.54, 1.807) is 6.26 Å². The van der Waals surface area contributed by atoms with Gasteiger partial charge in [0.25, 0.3) is 0 Å². The van der Waals surface area contributed by atoms with Crippen LogP contribution in [0, 0.1) is 0 Å². The van der Waals surface area contributed by atoms with E-state index < -0.39 is 0 Å². The number of anilines is 1. The summed E-state index contributed by atoms with van der Waals surface area (Å²) in [6.45, 7) is 2.57. The molecule has 2 aliphatic heterocycles. The van der Waals surface area contributed by atoms with Crippen LogP contribution in [0.3, 0.4) is 0 Å². The first-order valence-electron chi connectivity index (χ1n) is 7.08. The molecule has 2 unspecified atom stereocenters. The molecule has 0 aliphatic carbocycles. The lowest BCUT2D eigenvalue weighted by Gasteiger charge is -2.19. The smallest absolute Gasteiger partial charge is 0.115 e. The zero-order chi connectivity index (χ0) is 12.9. The molecule has 0 bridgehead atoms. The fourth-order valence-electron chi connectivity index (χ4n) is 2.52. The fraction of sp³-hybridized carbons (Fsp3) is 0.643. The van der Waals surface area contributed by atoms with Gasteiger partial charge in [0, 0.05) is 12.8 Å². The zero-order valence-electron chi connectivity index (χ0n) is 11.1. The Morgan fingerprint density at radius 1 is 1.37 bits per heavy atom. The molecule has 19 heavy (non-hydrogen) atoms. The highest BCUT2D eigenvalue weighted by Crippen LogP contribution is 2.15. The topological polar surface area (TPSA) is 48.3 Å². The van der Waals surface area contributed by atoms with Gasteiger partial charge in [-0.2, -0.15) is 5.10 Å². The lowest BCUT2D eigenvalue weighted by atomic mass is 10.1. The second-order valence-corrected chi connectivity index (χ2v) is 5.17. The van der Waals surface area contributed by atoms with Crippen LogP contribution in [0.5, 0.6) is 0 Å². The van der Waals surface area contributed by atoms with Crippen LogP contribution in [0.15, 0.2) is 24.7 Å². The van der Waals surface area contributed by atoms with E-state index in [1.165, 1.54) is 6.42 Å². The Balaban J connectivity index is 1.46. The Hall–Kier alpha value is -1.49. The summed E-state index contributed by atoms with van der Waals surface area (Å²) in [5.74, 6) is 0. The highest BCUT2D eigenvalue weighted by Gasteiger charge is 2.16. The van der Waals surface area contributed by atoms with E-state index in [-0.39, 0.29) is 6.10 Å². The van der Waals surface area contributed by atoms with Crippen molar-refractivity contribution in [3.63, 3.8) is 0 Å². The van der Waals surface area contributed by atoms with Gasteiger partial charge in [-0.25, -0.2) is 0 Å². The average molecular weight is 263 g/mol. The van der Waals surface area contributed by atoms with Crippen LogP contribution in [-0.2, 0) is 16.0 Å². The van der Waals surface area contributed by atoms with Gasteiger partial charge in [-0.15, -0.1) is 0 Å². The number of ether oxygens (including phenoxy) is 2. The Morgan fingerprint density at radius 3 is 3.16 bits per heavy atom. The van der Waals surface area contributed by atoms with Crippen molar-refractivity contribution in [1.29, 1.82) is 0 Å². The second kappa shape index (κ2) is 6.10. The summed E-state index contributed by atoms with van der Waals surface area (Å²) in [7, 11) is 0. The van der Waals surface area contributed by atoms with E-state index >= 15 is 0 Å². The summed E-state index contributed by atoms with van der Waals surface area (Å²) in [6, 6.07) is 0. The maximum Gasteiger partial charge on any atom is 0.115 e. The quantitative estimate of drug-likeness (QED) is 0.884. The molecule has 1 saturated heterocycles. The number of rotatable bonds is 5. The number of nitrogens with one attached hydrogen (secondary N) is 1. The second-order valence-electron chi connectivity index (χ2n) is 5.17. The summed E-state index contributed by atoms with van der Waals surface area (Å²) >= 11 is 0. The molecule has 1 aromatic rings. The third-order valence-electron chi connectivity index (χ3n) is 3.60. The van der Waals surface area contributed by atoms with Crippen LogP contribution in [0.4, 0.5) is 5.69 Å². The Morgan fingerprint density at radius 2 is 2.37 bits per heavy atom. The van der Waals surface area contributed by atoms with E-state index in [0.29, 0.717) is 6.10 Å². The monoisotopic (exact) mass is 263 g/mol. The van der Waals surface area contributed by atoms with Crippen LogP contribution in [-0.4, -0.2) is 35.1 Å². The average Bonchev–Trinajstić information content (AvgIpc) is 3.10. The molecular formula is C14H21N3O2. The van der Waals surface area contributed by atoms with Gasteiger partial charge in [0.1, 0.15) is 6.10 Å². The molecule has 0 spiro atoms. The standard InChI is InChI=1S/C14H21N3O2/c1-2-6-18-13(4-1)9-15-12-8-16-17(10-12)11-14-5-3-7-19-14/h2,6,8,10,13-15H,1,3-5,7,9,11H2. The Bertz CT molecular complexity index is 424. The molecule has 1 N–H and O–H groups in total. The fourth-order valence-corrected chi connectivity index (χ4v) is 2.52. The van der Waals surface area contributed by atoms with E-state index in [9.17, 15) is 0 Å². The van der Waals surface area contributed by atoms with Gasteiger partial charge in [-0.1, -0.05) is 0 Å². The third-order valence-corrected chi connectivity index (χ3v) is 3.60. The van der Waals surface area contributed by atoms with E-state index in [1.807, 2.05) is 17.1 Å². The molecule has 2 atom stereocenters. The molecule has 1 aromatic heterocycles. The first-order valence-corrected chi connectivity index (χ1v) is 7.08. The lowest BCUT2D eigenvalue weighted by molar-refractivity contribution is 0.0940. The summed E-state index contributed by atoms with van der Waals surface area (Å²) in [5, 5.41) is 7.74. The van der Waals surface area contributed by atoms with Crippen LogP contribution in [0.1, 0.15) is 25.7 Å². The number of hydrogen-bond acceptors (Lipinski definition) is 4. The lowest BCUT2D eigenvalue weighted by Crippen LogP contribution is -2.22. The molecule has 0 radical (unpaired) electrons. The first-order chi connectivity index (χ1) is 9.40. The van der Waals surface area contributed by atoms with Crippen molar-refractivity contribution in [2.45, 2.75) is 44.4 Å². The minimum Gasteiger partial charge on any atom is -0.497 e. The predicted molar refractivity (Wildman–Crippen MR) is 72.9 cm³/mol. The molecule has 2 aliphatic rings. The minimum absolute atomic E-state index is 0.270. The van der Waals surface area contributed by atoms with Crippen LogP contribution < -0.4 is 5.32 Å². The molecule has 5 heteroatoms. The Labute approximate surface area is 113 Å². The van der Waals surface area contributed by atoms with Gasteiger partial charge in [-0.05, 0) is 31.8 Å². The number of allylic oxidation sites excluding steroid dienone is 1. The van der Waals surface area contributed by atoms with Crippen LogP contribution in [0.25, 0.3) is 0 Å². The summed E-state index contributed by atoms with van der Waals surface area (Å²) in [4.78, 5) is 0. The van der Waals surface area contributed by atoms with Gasteiger partial charge >= 0.3 is 0 Å². The van der Waals surface area contributed by atoms with Crippen LogP contribution >= 0.6 is 0 Å². The van der Waals surface area contributed by atoms with Gasteiger partial charge in [0.15, 0.2) is 0 Å². The molecule has 3 heterocycles. The third kappa shape index (κ3) is 3.50. The van der Waals surface area contributed by atoms with Gasteiger partial charge in [-0.3, -0.25) is 4.68 Å². The van der Waals surface area contributed by atoms with E-state index in [0.717, 1.165) is 44.6 Å². The van der Waals surface area contributed by atoms with Crippen molar-refractivity contribution in [2.75, 3.05) is 18.5 Å². The van der Waals surface area contributed by atoms with Crippen molar-refractivity contribution in [2.24, 2.45) is 0 Å². The van der Waals surface area contributed by atoms with E-state index in [4.69, 9.17) is 9.47 Å².